The smallest absolute Gasteiger partial charge is 0.422 e. The number of allylic oxidation sites excluding steroid dienone is 1. The molecule has 0 aliphatic heterocycles. The summed E-state index contributed by atoms with van der Waals surface area (Å²) in [7, 11) is 0. The second kappa shape index (κ2) is 4.00. The molecular formula is C6H7F3O2. The fourth-order valence-corrected chi connectivity index (χ4v) is 0.335. The van der Waals surface area contributed by atoms with Crippen LogP contribution in [0.1, 0.15) is 6.92 Å². The van der Waals surface area contributed by atoms with Gasteiger partial charge in [-0.25, -0.2) is 0 Å². The van der Waals surface area contributed by atoms with E-state index in [1.165, 1.54) is 6.92 Å². The maximum Gasteiger partial charge on any atom is 0.422 e. The van der Waals surface area contributed by atoms with E-state index in [4.69, 9.17) is 0 Å². The van der Waals surface area contributed by atoms with Crippen LogP contribution in [0.5, 0.6) is 0 Å². The van der Waals surface area contributed by atoms with Crippen molar-refractivity contribution in [2.45, 2.75) is 13.1 Å². The molecule has 5 heteroatoms. The highest BCUT2D eigenvalue weighted by molar-refractivity contribution is 5.74. The summed E-state index contributed by atoms with van der Waals surface area (Å²) >= 11 is 0. The number of halogens is 3. The normalized spacial score (nSPS) is 12.9. The largest absolute Gasteiger partial charge is 0.501 e. The first-order valence-corrected chi connectivity index (χ1v) is 2.86. The van der Waals surface area contributed by atoms with Gasteiger partial charge in [-0.15, -0.1) is 0 Å². The van der Waals surface area contributed by atoms with Gasteiger partial charge in [-0.2, -0.15) is 13.2 Å². The minimum atomic E-state index is -4.61. The van der Waals surface area contributed by atoms with Crippen LogP contribution in [0.2, 0.25) is 0 Å². The highest BCUT2D eigenvalue weighted by Gasteiger charge is 2.33. The minimum Gasteiger partial charge on any atom is -0.501 e. The Balaban J connectivity index is 4.27. The average molecular weight is 168 g/mol. The Labute approximate surface area is 61.6 Å². The Bertz CT molecular complexity index is 160. The van der Waals surface area contributed by atoms with Gasteiger partial charge in [0.05, 0.1) is 12.9 Å². The van der Waals surface area contributed by atoms with Crippen LogP contribution in [0, 0.1) is 0 Å². The first-order valence-electron chi connectivity index (χ1n) is 2.86. The zero-order valence-corrected chi connectivity index (χ0v) is 5.81. The highest BCUT2D eigenvalue weighted by atomic mass is 19.4. The van der Waals surface area contributed by atoms with E-state index in [0.29, 0.717) is 6.26 Å². The van der Waals surface area contributed by atoms with Crippen molar-refractivity contribution in [1.29, 1.82) is 0 Å². The number of ether oxygens (including phenoxy) is 1. The lowest BCUT2D eigenvalue weighted by Crippen LogP contribution is -2.13. The van der Waals surface area contributed by atoms with Gasteiger partial charge in [0, 0.05) is 0 Å². The second-order valence-corrected chi connectivity index (χ2v) is 1.64. The van der Waals surface area contributed by atoms with Crippen molar-refractivity contribution in [2.24, 2.45) is 0 Å². The van der Waals surface area contributed by atoms with Crippen molar-refractivity contribution in [3.8, 4) is 0 Å². The Morgan fingerprint density at radius 2 is 2.09 bits per heavy atom. The molecule has 0 saturated heterocycles. The molecule has 64 valence electrons. The summed E-state index contributed by atoms with van der Waals surface area (Å²) in [5.74, 6) is 0. The Hall–Kier alpha value is -1.00. The molecule has 0 aliphatic carbocycles. The van der Waals surface area contributed by atoms with Gasteiger partial charge in [-0.1, -0.05) is 0 Å². The molecule has 11 heavy (non-hydrogen) atoms. The van der Waals surface area contributed by atoms with Crippen LogP contribution in [-0.2, 0) is 9.53 Å². The molecule has 0 aromatic heterocycles. The number of hydrogen-bond donors (Lipinski definition) is 0. The fourth-order valence-electron chi connectivity index (χ4n) is 0.335. The molecule has 2 nitrogen and oxygen atoms in total. The van der Waals surface area contributed by atoms with Crippen molar-refractivity contribution >= 4 is 6.29 Å². The molecule has 0 saturated carbocycles. The van der Waals surface area contributed by atoms with Gasteiger partial charge in [0.25, 0.3) is 0 Å². The van der Waals surface area contributed by atoms with Gasteiger partial charge in [0.1, 0.15) is 5.57 Å². The Morgan fingerprint density at radius 1 is 1.55 bits per heavy atom. The zero-order chi connectivity index (χ0) is 8.91. The third-order valence-corrected chi connectivity index (χ3v) is 0.831. The van der Waals surface area contributed by atoms with Crippen LogP contribution in [-0.4, -0.2) is 19.1 Å². The van der Waals surface area contributed by atoms with Crippen LogP contribution in [0.15, 0.2) is 11.8 Å². The van der Waals surface area contributed by atoms with E-state index in [0.717, 1.165) is 0 Å². The van der Waals surface area contributed by atoms with Gasteiger partial charge in [0.15, 0.2) is 6.29 Å². The predicted octanol–water partition coefficient (Wildman–Crippen LogP) is 1.67. The van der Waals surface area contributed by atoms with Crippen molar-refractivity contribution in [3.63, 3.8) is 0 Å². The molecule has 0 aliphatic rings. The maximum absolute atomic E-state index is 11.7. The van der Waals surface area contributed by atoms with Crippen LogP contribution in [0.25, 0.3) is 0 Å². The third-order valence-electron chi connectivity index (χ3n) is 0.831. The molecule has 0 aromatic rings. The number of carbonyl (C=O) groups is 1. The van der Waals surface area contributed by atoms with Crippen molar-refractivity contribution in [2.75, 3.05) is 6.61 Å². The number of carbonyl (C=O) groups excluding carboxylic acids is 1. The first-order chi connectivity index (χ1) is 5.02. The lowest BCUT2D eigenvalue weighted by molar-refractivity contribution is -0.120. The lowest BCUT2D eigenvalue weighted by atomic mass is 10.3. The Kier molecular flexibility index (Phi) is 3.64. The van der Waals surface area contributed by atoms with Crippen molar-refractivity contribution in [3.05, 3.63) is 11.8 Å². The molecule has 0 spiro atoms. The third kappa shape index (κ3) is 3.64. The molecule has 0 N–H and O–H groups in total. The summed E-state index contributed by atoms with van der Waals surface area (Å²) in [5, 5.41) is 0. The molecule has 0 fully saturated rings. The molecule has 0 amide bonds. The van der Waals surface area contributed by atoms with E-state index in [9.17, 15) is 18.0 Å². The predicted molar refractivity (Wildman–Crippen MR) is 31.8 cm³/mol. The summed E-state index contributed by atoms with van der Waals surface area (Å²) in [5.41, 5.74) is -1.31. The molecular weight excluding hydrogens is 161 g/mol. The lowest BCUT2D eigenvalue weighted by Gasteiger charge is -2.04. The van der Waals surface area contributed by atoms with E-state index in [2.05, 4.69) is 4.74 Å². The van der Waals surface area contributed by atoms with Crippen LogP contribution < -0.4 is 0 Å². The van der Waals surface area contributed by atoms with E-state index in [1.807, 2.05) is 0 Å². The second-order valence-electron chi connectivity index (χ2n) is 1.64. The molecule has 0 atom stereocenters. The minimum absolute atomic E-state index is 0.105. The number of hydrogen-bond acceptors (Lipinski definition) is 2. The first kappa shape index (κ1) is 10.0. The van der Waals surface area contributed by atoms with Crippen LogP contribution in [0.3, 0.4) is 0 Å². The van der Waals surface area contributed by atoms with E-state index >= 15 is 0 Å². The highest BCUT2D eigenvalue weighted by Crippen LogP contribution is 2.23. The van der Waals surface area contributed by atoms with Crippen LogP contribution in [0.4, 0.5) is 13.2 Å². The molecule has 0 unspecified atom stereocenters. The van der Waals surface area contributed by atoms with Crippen molar-refractivity contribution < 1.29 is 22.7 Å². The number of rotatable bonds is 3. The molecule has 0 radical (unpaired) electrons. The fraction of sp³-hybridized carbons (Fsp3) is 0.500. The topological polar surface area (TPSA) is 26.3 Å². The zero-order valence-electron chi connectivity index (χ0n) is 5.81. The number of aldehydes is 1. The monoisotopic (exact) mass is 168 g/mol. The van der Waals surface area contributed by atoms with Crippen LogP contribution >= 0.6 is 0 Å². The Morgan fingerprint density at radius 3 is 2.36 bits per heavy atom. The van der Waals surface area contributed by atoms with Gasteiger partial charge in [-0.05, 0) is 6.92 Å². The standard InChI is InChI=1S/C6H7F3O2/c1-2-11-4-5(3-10)6(7,8)9/h3-4H,2H2,1H3. The molecule has 0 rings (SSSR count). The quantitative estimate of drug-likeness (QED) is 0.364. The summed E-state index contributed by atoms with van der Waals surface area (Å²) in [4.78, 5) is 9.79. The summed E-state index contributed by atoms with van der Waals surface area (Å²) in [6.45, 7) is 1.63. The van der Waals surface area contributed by atoms with Gasteiger partial charge in [-0.3, -0.25) is 4.79 Å². The summed E-state index contributed by atoms with van der Waals surface area (Å²) in [6, 6.07) is 0. The van der Waals surface area contributed by atoms with E-state index in [-0.39, 0.29) is 12.9 Å². The van der Waals surface area contributed by atoms with Gasteiger partial charge < -0.3 is 4.74 Å². The van der Waals surface area contributed by atoms with E-state index < -0.39 is 11.7 Å². The summed E-state index contributed by atoms with van der Waals surface area (Å²) < 4.78 is 39.3. The summed E-state index contributed by atoms with van der Waals surface area (Å²) in [6.07, 6.45) is -4.49. The molecule has 0 heterocycles. The van der Waals surface area contributed by atoms with Crippen molar-refractivity contribution in [1.82, 2.24) is 0 Å². The van der Waals surface area contributed by atoms with Gasteiger partial charge >= 0.3 is 6.18 Å². The van der Waals surface area contributed by atoms with Gasteiger partial charge in [0.2, 0.25) is 0 Å². The molecule has 0 bridgehead atoms. The SMILES string of the molecule is CCOC=C(C=O)C(F)(F)F. The molecule has 0 aromatic carbocycles. The average Bonchev–Trinajstić information content (AvgIpc) is 1.87. The maximum atomic E-state index is 11.7. The van der Waals surface area contributed by atoms with E-state index in [1.54, 1.807) is 0 Å². The number of alkyl halides is 3.